The minimum Gasteiger partial charge on any atom is -0.378 e. The molecule has 2 aliphatic heterocycles. The maximum Gasteiger partial charge on any atom is 0.186 e. The highest BCUT2D eigenvalue weighted by molar-refractivity contribution is 9.11. The Balaban J connectivity index is 2.14. The van der Waals surface area contributed by atoms with Gasteiger partial charge in [0.05, 0.1) is 19.3 Å². The Kier molecular flexibility index (Phi) is 2.92. The molecule has 0 radical (unpaired) electrons. The zero-order valence-corrected chi connectivity index (χ0v) is 9.25. The maximum absolute atomic E-state index is 10.3. The number of ether oxygens (including phenoxy) is 1. The van der Waals surface area contributed by atoms with Crippen LogP contribution in [-0.2, 0) is 4.74 Å². The summed E-state index contributed by atoms with van der Waals surface area (Å²) in [5, 5.41) is 16.5. The van der Waals surface area contributed by atoms with E-state index in [-0.39, 0.29) is 6.04 Å². The van der Waals surface area contributed by atoms with Gasteiger partial charge in [-0.05, 0) is 18.4 Å². The summed E-state index contributed by atoms with van der Waals surface area (Å²) in [4.78, 5) is 0. The molecule has 4 nitrogen and oxygen atoms in total. The van der Waals surface area contributed by atoms with E-state index >= 15 is 0 Å². The average Bonchev–Trinajstić information content (AvgIpc) is 2.24. The molecule has 0 aliphatic carbocycles. The first-order valence-electron chi connectivity index (χ1n) is 4.57. The number of halogens is 1. The van der Waals surface area contributed by atoms with Gasteiger partial charge in [0.15, 0.2) is 5.72 Å². The molecule has 2 heterocycles. The SMILES string of the molecule is OC1(C2COCCN2)NC=CC=C1Br. The molecule has 0 bridgehead atoms. The van der Waals surface area contributed by atoms with Crippen molar-refractivity contribution in [2.45, 2.75) is 11.8 Å². The summed E-state index contributed by atoms with van der Waals surface area (Å²) in [5.74, 6) is 0. The molecule has 0 spiro atoms. The summed E-state index contributed by atoms with van der Waals surface area (Å²) < 4.78 is 6.03. The maximum atomic E-state index is 10.3. The van der Waals surface area contributed by atoms with Crippen molar-refractivity contribution in [3.05, 3.63) is 22.8 Å². The number of allylic oxidation sites excluding steroid dienone is 2. The largest absolute Gasteiger partial charge is 0.378 e. The molecule has 0 aromatic rings. The second-order valence-electron chi connectivity index (χ2n) is 3.37. The third-order valence-electron chi connectivity index (χ3n) is 2.43. The Hall–Kier alpha value is -0.360. The lowest BCUT2D eigenvalue weighted by Crippen LogP contribution is -2.63. The van der Waals surface area contributed by atoms with Crippen molar-refractivity contribution in [3.8, 4) is 0 Å². The molecule has 78 valence electrons. The molecule has 2 unspecified atom stereocenters. The van der Waals surface area contributed by atoms with Gasteiger partial charge in [0, 0.05) is 11.0 Å². The van der Waals surface area contributed by atoms with Crippen LogP contribution in [0, 0.1) is 0 Å². The molecule has 0 saturated carbocycles. The fraction of sp³-hybridized carbons (Fsp3) is 0.556. The molecule has 1 saturated heterocycles. The molecule has 0 aromatic heterocycles. The predicted octanol–water partition coefficient (Wildman–Crippen LogP) is 0.0591. The smallest absolute Gasteiger partial charge is 0.186 e. The third kappa shape index (κ3) is 1.72. The molecule has 1 fully saturated rings. The minimum atomic E-state index is -1.09. The number of rotatable bonds is 1. The number of aliphatic hydroxyl groups is 1. The molecule has 5 heteroatoms. The lowest BCUT2D eigenvalue weighted by Gasteiger charge is -2.39. The fourth-order valence-corrected chi connectivity index (χ4v) is 2.15. The Labute approximate surface area is 91.1 Å². The van der Waals surface area contributed by atoms with Gasteiger partial charge in [-0.1, -0.05) is 15.9 Å². The normalized spacial score (nSPS) is 37.6. The summed E-state index contributed by atoms with van der Waals surface area (Å²) in [6, 6.07) is -0.133. The number of hydrogen-bond donors (Lipinski definition) is 3. The quantitative estimate of drug-likeness (QED) is 0.624. The minimum absolute atomic E-state index is 0.133. The van der Waals surface area contributed by atoms with Crippen molar-refractivity contribution in [3.63, 3.8) is 0 Å². The topological polar surface area (TPSA) is 53.5 Å². The van der Waals surface area contributed by atoms with Crippen molar-refractivity contribution >= 4 is 15.9 Å². The Morgan fingerprint density at radius 1 is 1.64 bits per heavy atom. The van der Waals surface area contributed by atoms with E-state index in [0.29, 0.717) is 13.2 Å². The number of morpholine rings is 1. The van der Waals surface area contributed by atoms with Crippen molar-refractivity contribution < 1.29 is 9.84 Å². The van der Waals surface area contributed by atoms with Crippen LogP contribution in [0.15, 0.2) is 22.8 Å². The van der Waals surface area contributed by atoms with E-state index in [4.69, 9.17) is 4.74 Å². The number of dihydropyridines is 1. The Bertz CT molecular complexity index is 274. The Morgan fingerprint density at radius 3 is 3.14 bits per heavy atom. The van der Waals surface area contributed by atoms with Crippen LogP contribution in [0.5, 0.6) is 0 Å². The summed E-state index contributed by atoms with van der Waals surface area (Å²) in [5.41, 5.74) is -1.09. The highest BCUT2D eigenvalue weighted by atomic mass is 79.9. The van der Waals surface area contributed by atoms with Crippen LogP contribution in [0.25, 0.3) is 0 Å². The van der Waals surface area contributed by atoms with Gasteiger partial charge >= 0.3 is 0 Å². The van der Waals surface area contributed by atoms with Gasteiger partial charge in [-0.15, -0.1) is 0 Å². The van der Waals surface area contributed by atoms with Crippen LogP contribution in [0.3, 0.4) is 0 Å². The summed E-state index contributed by atoms with van der Waals surface area (Å²) in [7, 11) is 0. The first-order chi connectivity index (χ1) is 6.73. The standard InChI is InChI=1S/C9H13BrN2O2/c10-7-2-1-3-12-9(7,13)8-6-14-5-4-11-8/h1-3,8,11-13H,4-6H2. The van der Waals surface area contributed by atoms with E-state index in [0.717, 1.165) is 11.0 Å². The van der Waals surface area contributed by atoms with Gasteiger partial charge in [-0.25, -0.2) is 0 Å². The van der Waals surface area contributed by atoms with Gasteiger partial charge < -0.3 is 20.5 Å². The van der Waals surface area contributed by atoms with E-state index in [9.17, 15) is 5.11 Å². The molecule has 0 amide bonds. The van der Waals surface area contributed by atoms with Crippen molar-refractivity contribution in [2.75, 3.05) is 19.8 Å². The van der Waals surface area contributed by atoms with Crippen LogP contribution in [0.1, 0.15) is 0 Å². The monoisotopic (exact) mass is 260 g/mol. The zero-order valence-electron chi connectivity index (χ0n) is 7.66. The molecule has 2 aliphatic rings. The van der Waals surface area contributed by atoms with Crippen LogP contribution >= 0.6 is 15.9 Å². The van der Waals surface area contributed by atoms with Crippen molar-refractivity contribution in [1.29, 1.82) is 0 Å². The van der Waals surface area contributed by atoms with Gasteiger partial charge in [0.1, 0.15) is 0 Å². The van der Waals surface area contributed by atoms with E-state index in [1.54, 1.807) is 6.20 Å². The molecule has 2 rings (SSSR count). The highest BCUT2D eigenvalue weighted by Gasteiger charge is 2.40. The van der Waals surface area contributed by atoms with Gasteiger partial charge in [-0.3, -0.25) is 0 Å². The lowest BCUT2D eigenvalue weighted by atomic mass is 10.0. The third-order valence-corrected chi connectivity index (χ3v) is 3.30. The van der Waals surface area contributed by atoms with Crippen LogP contribution < -0.4 is 10.6 Å². The number of nitrogens with one attached hydrogen (secondary N) is 2. The fourth-order valence-electron chi connectivity index (χ4n) is 1.60. The molecule has 3 N–H and O–H groups in total. The van der Waals surface area contributed by atoms with E-state index in [2.05, 4.69) is 26.6 Å². The molecule has 2 atom stereocenters. The second-order valence-corrected chi connectivity index (χ2v) is 4.22. The van der Waals surface area contributed by atoms with Crippen molar-refractivity contribution in [1.82, 2.24) is 10.6 Å². The zero-order chi connectivity index (χ0) is 10.0. The van der Waals surface area contributed by atoms with Crippen LogP contribution in [0.2, 0.25) is 0 Å². The van der Waals surface area contributed by atoms with Gasteiger partial charge in [0.2, 0.25) is 0 Å². The summed E-state index contributed by atoms with van der Waals surface area (Å²) in [6.45, 7) is 1.96. The van der Waals surface area contributed by atoms with E-state index < -0.39 is 5.72 Å². The average molecular weight is 261 g/mol. The van der Waals surface area contributed by atoms with E-state index in [1.165, 1.54) is 0 Å². The molecular formula is C9H13BrN2O2. The van der Waals surface area contributed by atoms with Gasteiger partial charge in [0.25, 0.3) is 0 Å². The van der Waals surface area contributed by atoms with Crippen LogP contribution in [-0.4, -0.2) is 36.6 Å². The number of hydrogen-bond acceptors (Lipinski definition) is 4. The van der Waals surface area contributed by atoms with Crippen molar-refractivity contribution in [2.24, 2.45) is 0 Å². The second kappa shape index (κ2) is 4.02. The Morgan fingerprint density at radius 2 is 2.50 bits per heavy atom. The van der Waals surface area contributed by atoms with E-state index in [1.807, 2.05) is 12.2 Å². The summed E-state index contributed by atoms with van der Waals surface area (Å²) >= 11 is 3.35. The molecular weight excluding hydrogens is 248 g/mol. The first-order valence-corrected chi connectivity index (χ1v) is 5.37. The highest BCUT2D eigenvalue weighted by Crippen LogP contribution is 2.27. The summed E-state index contributed by atoms with van der Waals surface area (Å²) in [6.07, 6.45) is 5.38. The lowest BCUT2D eigenvalue weighted by molar-refractivity contribution is -0.0363. The predicted molar refractivity (Wildman–Crippen MR) is 56.8 cm³/mol. The first kappa shape index (κ1) is 10.2. The molecule has 0 aromatic carbocycles. The van der Waals surface area contributed by atoms with Gasteiger partial charge in [-0.2, -0.15) is 0 Å². The van der Waals surface area contributed by atoms with Crippen LogP contribution in [0.4, 0.5) is 0 Å². The molecule has 14 heavy (non-hydrogen) atoms.